The molecular weight excluding hydrogens is 216 g/mol. The highest BCUT2D eigenvalue weighted by Crippen LogP contribution is 2.14. The molecule has 90 valence electrons. The molecule has 0 radical (unpaired) electrons. The molecule has 0 saturated carbocycles. The number of hydrogen-bond donors (Lipinski definition) is 1. The molecule has 0 fully saturated rings. The Morgan fingerprint density at radius 1 is 1.35 bits per heavy atom. The van der Waals surface area contributed by atoms with E-state index in [0.717, 1.165) is 23.4 Å². The minimum absolute atomic E-state index is 0.558. The quantitative estimate of drug-likeness (QED) is 0.832. The summed E-state index contributed by atoms with van der Waals surface area (Å²) in [4.78, 5) is 0. The smallest absolute Gasteiger partial charge is 0.0844 e. The van der Waals surface area contributed by atoms with Crippen LogP contribution in [0.3, 0.4) is 0 Å². The summed E-state index contributed by atoms with van der Waals surface area (Å²) in [6, 6.07) is 7.97. The van der Waals surface area contributed by atoms with E-state index >= 15 is 0 Å². The number of hydrogen-bond acceptors (Lipinski definition) is 4. The summed E-state index contributed by atoms with van der Waals surface area (Å²) in [7, 11) is 1.68. The van der Waals surface area contributed by atoms with E-state index < -0.39 is 0 Å². The predicted octanol–water partition coefficient (Wildman–Crippen LogP) is 0.915. The second-order valence-corrected chi connectivity index (χ2v) is 3.75. The van der Waals surface area contributed by atoms with E-state index in [1.807, 2.05) is 30.5 Å². The van der Waals surface area contributed by atoms with Gasteiger partial charge in [0.05, 0.1) is 24.2 Å². The summed E-state index contributed by atoms with van der Waals surface area (Å²) < 4.78 is 6.93. The van der Waals surface area contributed by atoms with Gasteiger partial charge in [-0.3, -0.25) is 0 Å². The van der Waals surface area contributed by atoms with E-state index in [1.54, 1.807) is 11.8 Å². The Balaban J connectivity index is 2.31. The zero-order chi connectivity index (χ0) is 12.1. The zero-order valence-corrected chi connectivity index (χ0v) is 9.84. The van der Waals surface area contributed by atoms with Crippen molar-refractivity contribution in [3.63, 3.8) is 0 Å². The number of nitrogens with zero attached hydrogens (tertiary/aromatic N) is 3. The first-order valence-electron chi connectivity index (χ1n) is 5.53. The van der Waals surface area contributed by atoms with E-state index in [-0.39, 0.29) is 0 Å². The van der Waals surface area contributed by atoms with Crippen molar-refractivity contribution in [1.29, 1.82) is 0 Å². The van der Waals surface area contributed by atoms with Crippen LogP contribution >= 0.6 is 0 Å². The monoisotopic (exact) mass is 232 g/mol. The Labute approximate surface area is 100 Å². The first-order chi connectivity index (χ1) is 8.35. The van der Waals surface area contributed by atoms with Gasteiger partial charge in [-0.05, 0) is 12.6 Å². The molecule has 17 heavy (non-hydrogen) atoms. The molecule has 2 aromatic rings. The van der Waals surface area contributed by atoms with Crippen LogP contribution in [-0.4, -0.2) is 28.6 Å². The lowest BCUT2D eigenvalue weighted by molar-refractivity contribution is 0.184. The number of para-hydroxylation sites is 1. The molecule has 5 nitrogen and oxygen atoms in total. The van der Waals surface area contributed by atoms with Crippen molar-refractivity contribution in [3.05, 3.63) is 41.7 Å². The van der Waals surface area contributed by atoms with Gasteiger partial charge in [0.25, 0.3) is 0 Å². The lowest BCUT2D eigenvalue weighted by Gasteiger charge is -2.07. The molecule has 1 aromatic heterocycles. The molecule has 2 rings (SSSR count). The third-order valence-corrected chi connectivity index (χ3v) is 2.48. The number of rotatable bonds is 5. The van der Waals surface area contributed by atoms with Crippen molar-refractivity contribution in [3.8, 4) is 5.69 Å². The molecule has 2 N–H and O–H groups in total. The van der Waals surface area contributed by atoms with Crippen LogP contribution in [0.25, 0.3) is 5.69 Å². The van der Waals surface area contributed by atoms with Crippen LogP contribution in [0.2, 0.25) is 0 Å². The predicted molar refractivity (Wildman–Crippen MR) is 64.8 cm³/mol. The maximum absolute atomic E-state index is 5.49. The normalized spacial score (nSPS) is 10.7. The van der Waals surface area contributed by atoms with Crippen LogP contribution in [0.4, 0.5) is 0 Å². The summed E-state index contributed by atoms with van der Waals surface area (Å²) in [5, 5.41) is 8.18. The molecule has 1 heterocycles. The van der Waals surface area contributed by atoms with Crippen LogP contribution in [0.15, 0.2) is 30.5 Å². The Bertz CT molecular complexity index is 481. The second kappa shape index (κ2) is 5.56. The van der Waals surface area contributed by atoms with Crippen molar-refractivity contribution >= 4 is 0 Å². The average molecular weight is 232 g/mol. The van der Waals surface area contributed by atoms with Crippen LogP contribution in [0, 0.1) is 0 Å². The fourth-order valence-corrected chi connectivity index (χ4v) is 1.69. The number of ether oxygens (including phenoxy) is 1. The lowest BCUT2D eigenvalue weighted by atomic mass is 10.2. The highest BCUT2D eigenvalue weighted by atomic mass is 16.5. The van der Waals surface area contributed by atoms with E-state index in [9.17, 15) is 0 Å². The molecular formula is C12H16N4O. The van der Waals surface area contributed by atoms with Gasteiger partial charge in [0.2, 0.25) is 0 Å². The molecule has 0 amide bonds. The summed E-state index contributed by atoms with van der Waals surface area (Å²) in [6.07, 6.45) is 2.65. The van der Waals surface area contributed by atoms with E-state index in [4.69, 9.17) is 10.5 Å². The minimum Gasteiger partial charge on any atom is -0.380 e. The highest BCUT2D eigenvalue weighted by Gasteiger charge is 2.06. The van der Waals surface area contributed by atoms with Gasteiger partial charge in [-0.25, -0.2) is 4.68 Å². The van der Waals surface area contributed by atoms with Crippen molar-refractivity contribution in [1.82, 2.24) is 15.0 Å². The molecule has 0 bridgehead atoms. The van der Waals surface area contributed by atoms with Gasteiger partial charge in [-0.1, -0.05) is 23.4 Å². The second-order valence-electron chi connectivity index (χ2n) is 3.75. The zero-order valence-electron chi connectivity index (χ0n) is 9.84. The molecule has 5 heteroatoms. The standard InChI is InChI=1S/C12H16N4O/c1-17-9-10-4-2-3-5-12(10)16-8-11(6-7-13)14-15-16/h2-5,8H,6-7,9,13H2,1H3. The van der Waals surface area contributed by atoms with Gasteiger partial charge in [-0.15, -0.1) is 5.10 Å². The Morgan fingerprint density at radius 3 is 2.94 bits per heavy atom. The number of nitrogens with two attached hydrogens (primary N) is 1. The first kappa shape index (κ1) is 11.8. The third-order valence-electron chi connectivity index (χ3n) is 2.48. The molecule has 1 aromatic carbocycles. The Kier molecular flexibility index (Phi) is 3.85. The Morgan fingerprint density at radius 2 is 2.18 bits per heavy atom. The fourth-order valence-electron chi connectivity index (χ4n) is 1.69. The maximum atomic E-state index is 5.49. The summed E-state index contributed by atoms with van der Waals surface area (Å²) in [6.45, 7) is 1.14. The average Bonchev–Trinajstić information content (AvgIpc) is 2.79. The van der Waals surface area contributed by atoms with Crippen molar-refractivity contribution in [2.75, 3.05) is 13.7 Å². The van der Waals surface area contributed by atoms with Gasteiger partial charge in [0, 0.05) is 19.1 Å². The third kappa shape index (κ3) is 2.69. The van der Waals surface area contributed by atoms with E-state index in [1.165, 1.54) is 0 Å². The highest BCUT2D eigenvalue weighted by molar-refractivity contribution is 5.39. The first-order valence-corrected chi connectivity index (χ1v) is 5.53. The summed E-state index contributed by atoms with van der Waals surface area (Å²) >= 11 is 0. The van der Waals surface area contributed by atoms with E-state index in [2.05, 4.69) is 10.3 Å². The van der Waals surface area contributed by atoms with Gasteiger partial charge >= 0.3 is 0 Å². The van der Waals surface area contributed by atoms with Gasteiger partial charge in [-0.2, -0.15) is 0 Å². The van der Waals surface area contributed by atoms with E-state index in [0.29, 0.717) is 13.2 Å². The molecule has 0 aliphatic carbocycles. The van der Waals surface area contributed by atoms with Crippen LogP contribution < -0.4 is 5.73 Å². The maximum Gasteiger partial charge on any atom is 0.0844 e. The van der Waals surface area contributed by atoms with Gasteiger partial charge < -0.3 is 10.5 Å². The summed E-state index contributed by atoms with van der Waals surface area (Å²) in [5.41, 5.74) is 8.47. The molecule has 0 aliphatic heterocycles. The van der Waals surface area contributed by atoms with Crippen molar-refractivity contribution < 1.29 is 4.74 Å². The van der Waals surface area contributed by atoms with Crippen LogP contribution in [0.1, 0.15) is 11.3 Å². The molecule has 0 spiro atoms. The largest absolute Gasteiger partial charge is 0.380 e. The van der Waals surface area contributed by atoms with Gasteiger partial charge in [0.1, 0.15) is 0 Å². The molecule has 0 aliphatic rings. The van der Waals surface area contributed by atoms with Crippen LogP contribution in [-0.2, 0) is 17.8 Å². The lowest BCUT2D eigenvalue weighted by Crippen LogP contribution is -2.03. The fraction of sp³-hybridized carbons (Fsp3) is 0.333. The molecule has 0 atom stereocenters. The van der Waals surface area contributed by atoms with Crippen molar-refractivity contribution in [2.24, 2.45) is 5.73 Å². The topological polar surface area (TPSA) is 66.0 Å². The number of aromatic nitrogens is 3. The Hall–Kier alpha value is -1.72. The summed E-state index contributed by atoms with van der Waals surface area (Å²) in [5.74, 6) is 0. The minimum atomic E-state index is 0.558. The van der Waals surface area contributed by atoms with Crippen LogP contribution in [0.5, 0.6) is 0 Å². The van der Waals surface area contributed by atoms with Gasteiger partial charge in [0.15, 0.2) is 0 Å². The SMILES string of the molecule is COCc1ccccc1-n1cc(CCN)nn1. The molecule has 0 saturated heterocycles. The van der Waals surface area contributed by atoms with Crippen molar-refractivity contribution in [2.45, 2.75) is 13.0 Å². The number of methoxy groups -OCH3 is 1. The number of benzene rings is 1. The molecule has 0 unspecified atom stereocenters.